The summed E-state index contributed by atoms with van der Waals surface area (Å²) < 4.78 is 3.52. The van der Waals surface area contributed by atoms with Crippen LogP contribution in [0.4, 0.5) is 0 Å². The SMILES string of the molecule is CSc1ncc(CNC(=O)CCCn2cnc3ccccc3c2=O)n1C. The van der Waals surface area contributed by atoms with Gasteiger partial charge in [-0.25, -0.2) is 9.97 Å². The lowest BCUT2D eigenvalue weighted by Gasteiger charge is -2.08. The van der Waals surface area contributed by atoms with Gasteiger partial charge >= 0.3 is 0 Å². The van der Waals surface area contributed by atoms with Gasteiger partial charge in [0.25, 0.3) is 5.56 Å². The summed E-state index contributed by atoms with van der Waals surface area (Å²) in [6.07, 6.45) is 6.21. The predicted molar refractivity (Wildman–Crippen MR) is 102 cm³/mol. The summed E-state index contributed by atoms with van der Waals surface area (Å²) in [6.45, 7) is 0.910. The molecule has 0 aliphatic heterocycles. The molecule has 0 radical (unpaired) electrons. The largest absolute Gasteiger partial charge is 0.350 e. The minimum absolute atomic E-state index is 0.0429. The van der Waals surface area contributed by atoms with Crippen LogP contribution in [0.5, 0.6) is 0 Å². The molecule has 0 unspecified atom stereocenters. The van der Waals surface area contributed by atoms with E-state index in [4.69, 9.17) is 0 Å². The van der Waals surface area contributed by atoms with Crippen molar-refractivity contribution in [2.24, 2.45) is 7.05 Å². The molecule has 2 aromatic heterocycles. The molecule has 1 N–H and O–H groups in total. The lowest BCUT2D eigenvalue weighted by atomic mass is 10.2. The second kappa shape index (κ2) is 8.18. The number of imidazole rings is 1. The molecule has 0 fully saturated rings. The highest BCUT2D eigenvalue weighted by atomic mass is 32.2. The van der Waals surface area contributed by atoms with E-state index in [1.807, 2.05) is 36.1 Å². The molecule has 3 rings (SSSR count). The van der Waals surface area contributed by atoms with Crippen molar-refractivity contribution in [3.63, 3.8) is 0 Å². The van der Waals surface area contributed by atoms with Crippen LogP contribution in [0.1, 0.15) is 18.5 Å². The van der Waals surface area contributed by atoms with Crippen molar-refractivity contribution >= 4 is 28.6 Å². The first-order chi connectivity index (χ1) is 12.6. The average Bonchev–Trinajstić information content (AvgIpc) is 3.02. The maximum atomic E-state index is 12.4. The summed E-state index contributed by atoms with van der Waals surface area (Å²) in [7, 11) is 1.93. The van der Waals surface area contributed by atoms with Crippen molar-refractivity contribution in [2.75, 3.05) is 6.26 Å². The third kappa shape index (κ3) is 3.96. The zero-order valence-corrected chi connectivity index (χ0v) is 15.6. The Kier molecular flexibility index (Phi) is 5.72. The van der Waals surface area contributed by atoms with Crippen LogP contribution >= 0.6 is 11.8 Å². The Bertz CT molecular complexity index is 979. The van der Waals surface area contributed by atoms with E-state index < -0.39 is 0 Å². The van der Waals surface area contributed by atoms with Gasteiger partial charge in [-0.2, -0.15) is 0 Å². The van der Waals surface area contributed by atoms with Gasteiger partial charge in [-0.05, 0) is 24.8 Å². The molecule has 0 bridgehead atoms. The van der Waals surface area contributed by atoms with Gasteiger partial charge in [0.1, 0.15) is 0 Å². The molecule has 8 heteroatoms. The number of aryl methyl sites for hydroxylation is 1. The molecule has 3 aromatic rings. The van der Waals surface area contributed by atoms with Gasteiger partial charge in [0, 0.05) is 20.0 Å². The van der Waals surface area contributed by atoms with Gasteiger partial charge in [-0.15, -0.1) is 0 Å². The number of nitrogens with one attached hydrogen (secondary N) is 1. The van der Waals surface area contributed by atoms with Crippen molar-refractivity contribution < 1.29 is 4.79 Å². The topological polar surface area (TPSA) is 81.8 Å². The normalized spacial score (nSPS) is 11.0. The molecule has 0 saturated heterocycles. The van der Waals surface area contributed by atoms with Gasteiger partial charge in [-0.3, -0.25) is 14.2 Å². The molecular formula is C18H21N5O2S. The van der Waals surface area contributed by atoms with Crippen LogP contribution in [-0.2, 0) is 24.9 Å². The van der Waals surface area contributed by atoms with Crippen LogP contribution in [0.25, 0.3) is 10.9 Å². The van der Waals surface area contributed by atoms with E-state index in [2.05, 4.69) is 15.3 Å². The maximum absolute atomic E-state index is 12.4. The Balaban J connectivity index is 1.51. The zero-order chi connectivity index (χ0) is 18.5. The summed E-state index contributed by atoms with van der Waals surface area (Å²) in [5.74, 6) is -0.0429. The van der Waals surface area contributed by atoms with Crippen LogP contribution < -0.4 is 10.9 Å². The second-order valence-electron chi connectivity index (χ2n) is 5.94. The molecule has 26 heavy (non-hydrogen) atoms. The Morgan fingerprint density at radius 1 is 1.27 bits per heavy atom. The number of amides is 1. The Labute approximate surface area is 155 Å². The number of carbonyl (C=O) groups excluding carboxylic acids is 1. The average molecular weight is 371 g/mol. The number of rotatable bonds is 7. The lowest BCUT2D eigenvalue weighted by molar-refractivity contribution is -0.121. The Morgan fingerprint density at radius 2 is 2.08 bits per heavy atom. The molecule has 0 saturated carbocycles. The molecule has 0 aliphatic carbocycles. The first kappa shape index (κ1) is 18.2. The number of benzene rings is 1. The number of hydrogen-bond donors (Lipinski definition) is 1. The molecule has 7 nitrogen and oxygen atoms in total. The molecule has 0 atom stereocenters. The highest BCUT2D eigenvalue weighted by Crippen LogP contribution is 2.13. The third-order valence-electron chi connectivity index (χ3n) is 4.23. The van der Waals surface area contributed by atoms with Gasteiger partial charge in [-0.1, -0.05) is 23.9 Å². The molecule has 1 aromatic carbocycles. The fraction of sp³-hybridized carbons (Fsp3) is 0.333. The van der Waals surface area contributed by atoms with E-state index in [-0.39, 0.29) is 11.5 Å². The van der Waals surface area contributed by atoms with Crippen LogP contribution in [0.15, 0.2) is 46.7 Å². The lowest BCUT2D eigenvalue weighted by Crippen LogP contribution is -2.25. The van der Waals surface area contributed by atoms with Crippen molar-refractivity contribution in [2.45, 2.75) is 31.1 Å². The van der Waals surface area contributed by atoms with Gasteiger partial charge in [0.2, 0.25) is 5.91 Å². The maximum Gasteiger partial charge on any atom is 0.261 e. The smallest absolute Gasteiger partial charge is 0.261 e. The summed E-state index contributed by atoms with van der Waals surface area (Å²) in [5, 5.41) is 4.41. The van der Waals surface area contributed by atoms with Crippen LogP contribution in [0.2, 0.25) is 0 Å². The molecule has 2 heterocycles. The van der Waals surface area contributed by atoms with E-state index in [1.165, 1.54) is 0 Å². The molecule has 0 aliphatic rings. The van der Waals surface area contributed by atoms with Crippen LogP contribution in [0.3, 0.4) is 0 Å². The van der Waals surface area contributed by atoms with Crippen molar-refractivity contribution in [1.29, 1.82) is 0 Å². The van der Waals surface area contributed by atoms with E-state index in [1.54, 1.807) is 34.9 Å². The predicted octanol–water partition coefficient (Wildman–Crippen LogP) is 1.95. The Hall–Kier alpha value is -2.61. The second-order valence-corrected chi connectivity index (χ2v) is 6.71. The number of nitrogens with zero attached hydrogens (tertiary/aromatic N) is 4. The van der Waals surface area contributed by atoms with Gasteiger partial charge < -0.3 is 9.88 Å². The van der Waals surface area contributed by atoms with Gasteiger partial charge in [0.05, 0.1) is 35.7 Å². The molecular weight excluding hydrogens is 350 g/mol. The number of thioether (sulfide) groups is 1. The van der Waals surface area contributed by atoms with Gasteiger partial charge in [0.15, 0.2) is 5.16 Å². The van der Waals surface area contributed by atoms with E-state index in [0.29, 0.717) is 36.8 Å². The number of fused-ring (bicyclic) bond motifs is 1. The highest BCUT2D eigenvalue weighted by Gasteiger charge is 2.08. The molecule has 1 amide bonds. The summed E-state index contributed by atoms with van der Waals surface area (Å²) >= 11 is 1.56. The molecule has 0 spiro atoms. The van der Waals surface area contributed by atoms with E-state index in [9.17, 15) is 9.59 Å². The number of aromatic nitrogens is 4. The fourth-order valence-electron chi connectivity index (χ4n) is 2.73. The zero-order valence-electron chi connectivity index (χ0n) is 14.8. The molecule has 136 valence electrons. The Morgan fingerprint density at radius 3 is 2.85 bits per heavy atom. The minimum atomic E-state index is -0.0736. The number of hydrogen-bond acceptors (Lipinski definition) is 5. The summed E-state index contributed by atoms with van der Waals surface area (Å²) in [4.78, 5) is 33.0. The number of para-hydroxylation sites is 1. The first-order valence-corrected chi connectivity index (χ1v) is 9.58. The van der Waals surface area contributed by atoms with E-state index in [0.717, 1.165) is 10.9 Å². The standard InChI is InChI=1S/C18H21N5O2S/c1-22-13(11-20-18(22)26-2)10-19-16(24)8-5-9-23-12-21-15-7-4-3-6-14(15)17(23)25/h3-4,6-7,11-12H,5,8-10H2,1-2H3,(H,19,24). The minimum Gasteiger partial charge on any atom is -0.350 e. The van der Waals surface area contributed by atoms with E-state index >= 15 is 0 Å². The first-order valence-electron chi connectivity index (χ1n) is 8.35. The summed E-state index contributed by atoms with van der Waals surface area (Å²) in [5.41, 5.74) is 1.57. The monoisotopic (exact) mass is 371 g/mol. The third-order valence-corrected chi connectivity index (χ3v) is 4.97. The van der Waals surface area contributed by atoms with Crippen molar-refractivity contribution in [1.82, 2.24) is 24.4 Å². The van der Waals surface area contributed by atoms with Crippen LogP contribution in [0, 0.1) is 0 Å². The highest BCUT2D eigenvalue weighted by molar-refractivity contribution is 7.98. The fourth-order valence-corrected chi connectivity index (χ4v) is 3.28. The van der Waals surface area contributed by atoms with Crippen molar-refractivity contribution in [3.8, 4) is 0 Å². The quantitative estimate of drug-likeness (QED) is 0.642. The number of carbonyl (C=O) groups is 1. The van der Waals surface area contributed by atoms with Crippen molar-refractivity contribution in [3.05, 3.63) is 52.8 Å². The summed E-state index contributed by atoms with van der Waals surface area (Å²) in [6, 6.07) is 7.26. The van der Waals surface area contributed by atoms with Crippen LogP contribution in [-0.4, -0.2) is 31.3 Å².